The number of carbonyl (C=O) groups excluding carboxylic acids is 1. The molecule has 1 aromatic rings. The van der Waals surface area contributed by atoms with Crippen molar-refractivity contribution in [1.82, 2.24) is 0 Å². The molecule has 0 radical (unpaired) electrons. The normalized spacial score (nSPS) is 9.62. The summed E-state index contributed by atoms with van der Waals surface area (Å²) in [5, 5.41) is 8.64. The number of carboxylic acid groups (broad SMARTS) is 1. The Hall–Kier alpha value is -2.31. The van der Waals surface area contributed by atoms with Gasteiger partial charge in [-0.05, 0) is 0 Å². The van der Waals surface area contributed by atoms with Gasteiger partial charge >= 0.3 is 11.9 Å². The molecule has 0 amide bonds. The molecule has 1 aromatic heterocycles. The first kappa shape index (κ1) is 11.8. The van der Waals surface area contributed by atoms with Crippen molar-refractivity contribution in [3.63, 3.8) is 0 Å². The standard InChI is InChI=1S/C9H8O7/c1-14-6-5(10)4(8(11)12)3-16-7(6)9(13)15-2/h3H,1-2H3,(H,11,12). The second kappa shape index (κ2) is 4.47. The molecular weight excluding hydrogens is 220 g/mol. The Kier molecular flexibility index (Phi) is 3.29. The number of rotatable bonds is 3. The lowest BCUT2D eigenvalue weighted by Crippen LogP contribution is -2.19. The Labute approximate surface area is 89.2 Å². The van der Waals surface area contributed by atoms with Crippen molar-refractivity contribution in [2.75, 3.05) is 14.2 Å². The first-order chi connectivity index (χ1) is 7.52. The molecule has 0 bridgehead atoms. The minimum atomic E-state index is -1.47. The SMILES string of the molecule is COC(=O)c1occ(C(=O)O)c(=O)c1OC. The third kappa shape index (κ3) is 1.88. The van der Waals surface area contributed by atoms with Gasteiger partial charge in [0.2, 0.25) is 11.2 Å². The molecule has 16 heavy (non-hydrogen) atoms. The summed E-state index contributed by atoms with van der Waals surface area (Å²) < 4.78 is 13.6. The van der Waals surface area contributed by atoms with E-state index in [2.05, 4.69) is 9.47 Å². The molecule has 0 aromatic carbocycles. The minimum Gasteiger partial charge on any atom is -0.489 e. The van der Waals surface area contributed by atoms with Gasteiger partial charge in [-0.15, -0.1) is 0 Å². The van der Waals surface area contributed by atoms with Gasteiger partial charge in [0.25, 0.3) is 5.76 Å². The van der Waals surface area contributed by atoms with Crippen molar-refractivity contribution >= 4 is 11.9 Å². The zero-order valence-corrected chi connectivity index (χ0v) is 8.47. The lowest BCUT2D eigenvalue weighted by molar-refractivity contribution is 0.0550. The molecule has 0 aliphatic rings. The first-order valence-electron chi connectivity index (χ1n) is 4.04. The van der Waals surface area contributed by atoms with Crippen molar-refractivity contribution in [2.24, 2.45) is 0 Å². The maximum Gasteiger partial charge on any atom is 0.378 e. The second-order valence-electron chi connectivity index (χ2n) is 2.64. The Balaban J connectivity index is 3.47. The highest BCUT2D eigenvalue weighted by molar-refractivity contribution is 5.92. The number of carbonyl (C=O) groups is 2. The Bertz CT molecular complexity index is 485. The van der Waals surface area contributed by atoms with Crippen LogP contribution in [0, 0.1) is 0 Å². The van der Waals surface area contributed by atoms with Gasteiger partial charge in [-0.25, -0.2) is 9.59 Å². The number of methoxy groups -OCH3 is 2. The summed E-state index contributed by atoms with van der Waals surface area (Å²) in [5.41, 5.74) is -1.56. The van der Waals surface area contributed by atoms with Gasteiger partial charge in [0.15, 0.2) is 0 Å². The fraction of sp³-hybridized carbons (Fsp3) is 0.222. The van der Waals surface area contributed by atoms with Crippen molar-refractivity contribution in [2.45, 2.75) is 0 Å². The number of hydrogen-bond acceptors (Lipinski definition) is 6. The highest BCUT2D eigenvalue weighted by Crippen LogP contribution is 2.15. The molecule has 1 heterocycles. The molecule has 1 rings (SSSR count). The molecule has 7 nitrogen and oxygen atoms in total. The predicted octanol–water partition coefficient (Wildman–Crippen LogP) is 0.133. The van der Waals surface area contributed by atoms with Gasteiger partial charge in [-0.1, -0.05) is 0 Å². The molecular formula is C9H8O7. The zero-order valence-electron chi connectivity index (χ0n) is 8.47. The van der Waals surface area contributed by atoms with Crippen molar-refractivity contribution in [1.29, 1.82) is 0 Å². The van der Waals surface area contributed by atoms with Gasteiger partial charge in [0.1, 0.15) is 11.8 Å². The summed E-state index contributed by atoms with van der Waals surface area (Å²) in [7, 11) is 2.21. The number of hydrogen-bond donors (Lipinski definition) is 1. The summed E-state index contributed by atoms with van der Waals surface area (Å²) >= 11 is 0. The van der Waals surface area contributed by atoms with Crippen molar-refractivity contribution < 1.29 is 28.6 Å². The average Bonchev–Trinajstić information content (AvgIpc) is 2.26. The largest absolute Gasteiger partial charge is 0.489 e. The van der Waals surface area contributed by atoms with E-state index in [-0.39, 0.29) is 0 Å². The van der Waals surface area contributed by atoms with E-state index in [0.717, 1.165) is 14.2 Å². The molecule has 0 unspecified atom stereocenters. The average molecular weight is 228 g/mol. The van der Waals surface area contributed by atoms with E-state index in [4.69, 9.17) is 9.52 Å². The van der Waals surface area contributed by atoms with E-state index in [1.165, 1.54) is 0 Å². The van der Waals surface area contributed by atoms with E-state index in [9.17, 15) is 14.4 Å². The lowest BCUT2D eigenvalue weighted by Gasteiger charge is -2.04. The fourth-order valence-electron chi connectivity index (χ4n) is 1.02. The molecule has 0 fully saturated rings. The first-order valence-corrected chi connectivity index (χ1v) is 4.04. The monoisotopic (exact) mass is 228 g/mol. The van der Waals surface area contributed by atoms with E-state index in [1.54, 1.807) is 0 Å². The summed E-state index contributed by atoms with van der Waals surface area (Å²) in [6.45, 7) is 0. The smallest absolute Gasteiger partial charge is 0.378 e. The molecule has 0 saturated heterocycles. The van der Waals surface area contributed by atoms with Gasteiger partial charge in [0, 0.05) is 0 Å². The summed E-state index contributed by atoms with van der Waals surface area (Å²) in [6.07, 6.45) is 0.666. The molecule has 0 saturated carbocycles. The molecule has 7 heteroatoms. The Morgan fingerprint density at radius 2 is 2.00 bits per heavy atom. The molecule has 0 aliphatic heterocycles. The van der Waals surface area contributed by atoms with Crippen LogP contribution in [0.2, 0.25) is 0 Å². The maximum atomic E-state index is 11.5. The number of aromatic carboxylic acids is 1. The molecule has 0 spiro atoms. The van der Waals surface area contributed by atoms with E-state index in [0.29, 0.717) is 6.26 Å². The predicted molar refractivity (Wildman–Crippen MR) is 49.8 cm³/mol. The van der Waals surface area contributed by atoms with Crippen LogP contribution >= 0.6 is 0 Å². The second-order valence-corrected chi connectivity index (χ2v) is 2.64. The quantitative estimate of drug-likeness (QED) is 0.733. The lowest BCUT2D eigenvalue weighted by atomic mass is 10.2. The van der Waals surface area contributed by atoms with Crippen LogP contribution < -0.4 is 10.2 Å². The summed E-state index contributed by atoms with van der Waals surface area (Å²) in [5.74, 6) is -3.36. The van der Waals surface area contributed by atoms with Gasteiger partial charge < -0.3 is 19.0 Å². The number of esters is 1. The molecule has 86 valence electrons. The third-order valence-corrected chi connectivity index (χ3v) is 1.76. The number of ether oxygens (including phenoxy) is 2. The number of carboxylic acids is 1. The van der Waals surface area contributed by atoms with E-state index < -0.39 is 34.4 Å². The molecule has 0 aliphatic carbocycles. The van der Waals surface area contributed by atoms with Crippen molar-refractivity contribution in [3.8, 4) is 5.75 Å². The summed E-state index contributed by atoms with van der Waals surface area (Å²) in [4.78, 5) is 33.3. The van der Waals surface area contributed by atoms with Crippen LogP contribution in [-0.2, 0) is 4.74 Å². The van der Waals surface area contributed by atoms with Gasteiger partial charge in [0.05, 0.1) is 14.2 Å². The van der Waals surface area contributed by atoms with Crippen LogP contribution in [0.1, 0.15) is 20.9 Å². The van der Waals surface area contributed by atoms with Crippen LogP contribution in [0.25, 0.3) is 0 Å². The fourth-order valence-corrected chi connectivity index (χ4v) is 1.02. The summed E-state index contributed by atoms with van der Waals surface area (Å²) in [6, 6.07) is 0. The molecule has 0 atom stereocenters. The van der Waals surface area contributed by atoms with Gasteiger partial charge in [-0.2, -0.15) is 0 Å². The zero-order chi connectivity index (χ0) is 12.3. The van der Waals surface area contributed by atoms with Crippen LogP contribution in [0.4, 0.5) is 0 Å². The Morgan fingerprint density at radius 3 is 2.44 bits per heavy atom. The molecule has 1 N–H and O–H groups in total. The van der Waals surface area contributed by atoms with Crippen LogP contribution in [0.3, 0.4) is 0 Å². The van der Waals surface area contributed by atoms with E-state index >= 15 is 0 Å². The minimum absolute atomic E-state index is 0.472. The highest BCUT2D eigenvalue weighted by Gasteiger charge is 2.23. The van der Waals surface area contributed by atoms with Crippen LogP contribution in [-0.4, -0.2) is 31.3 Å². The van der Waals surface area contributed by atoms with E-state index in [1.807, 2.05) is 0 Å². The Morgan fingerprint density at radius 1 is 1.38 bits per heavy atom. The van der Waals surface area contributed by atoms with Crippen LogP contribution in [0.15, 0.2) is 15.5 Å². The maximum absolute atomic E-state index is 11.5. The third-order valence-electron chi connectivity index (χ3n) is 1.76. The van der Waals surface area contributed by atoms with Crippen LogP contribution in [0.5, 0.6) is 5.75 Å². The highest BCUT2D eigenvalue weighted by atomic mass is 16.5. The van der Waals surface area contributed by atoms with Crippen molar-refractivity contribution in [3.05, 3.63) is 27.8 Å². The van der Waals surface area contributed by atoms with Gasteiger partial charge in [-0.3, -0.25) is 4.79 Å². The topological polar surface area (TPSA) is 103 Å².